The maximum atomic E-state index is 6.04. The SMILES string of the molecule is CCCCCCCC(CCCCCCC)Sc1nc(N)c2nc[nH]c2n1. The number of imidazole rings is 1. The molecule has 0 bridgehead atoms. The Balaban J connectivity index is 1.89. The highest BCUT2D eigenvalue weighted by atomic mass is 32.2. The van der Waals surface area contributed by atoms with E-state index in [9.17, 15) is 0 Å². The highest BCUT2D eigenvalue weighted by Crippen LogP contribution is 2.30. The number of unbranched alkanes of at least 4 members (excludes halogenated alkanes) is 8. The molecule has 0 aliphatic rings. The summed E-state index contributed by atoms with van der Waals surface area (Å²) in [4.78, 5) is 16.3. The Morgan fingerprint density at radius 3 is 2.15 bits per heavy atom. The van der Waals surface area contributed by atoms with E-state index in [2.05, 4.69) is 33.8 Å². The summed E-state index contributed by atoms with van der Waals surface area (Å²) in [6.45, 7) is 4.53. The van der Waals surface area contributed by atoms with Crippen molar-refractivity contribution in [1.29, 1.82) is 0 Å². The van der Waals surface area contributed by atoms with Gasteiger partial charge in [0.15, 0.2) is 16.6 Å². The first-order valence-electron chi connectivity index (χ1n) is 10.4. The lowest BCUT2D eigenvalue weighted by molar-refractivity contribution is 0.550. The van der Waals surface area contributed by atoms with E-state index in [0.717, 1.165) is 10.8 Å². The maximum absolute atomic E-state index is 6.04. The van der Waals surface area contributed by atoms with Crippen LogP contribution >= 0.6 is 11.8 Å². The van der Waals surface area contributed by atoms with E-state index in [-0.39, 0.29) is 0 Å². The van der Waals surface area contributed by atoms with Gasteiger partial charge < -0.3 is 10.7 Å². The zero-order chi connectivity index (χ0) is 18.6. The summed E-state index contributed by atoms with van der Waals surface area (Å²) in [7, 11) is 0. The predicted molar refractivity (Wildman–Crippen MR) is 112 cm³/mol. The van der Waals surface area contributed by atoms with Crippen LogP contribution in [0, 0.1) is 0 Å². The van der Waals surface area contributed by atoms with Crippen molar-refractivity contribution in [3.63, 3.8) is 0 Å². The van der Waals surface area contributed by atoms with Crippen LogP contribution in [0.1, 0.15) is 90.9 Å². The molecule has 0 atom stereocenters. The molecule has 0 spiro atoms. The van der Waals surface area contributed by atoms with E-state index in [1.807, 2.05) is 0 Å². The van der Waals surface area contributed by atoms with E-state index in [4.69, 9.17) is 5.73 Å². The molecule has 146 valence electrons. The third kappa shape index (κ3) is 7.14. The Kier molecular flexibility index (Phi) is 9.82. The molecule has 3 N–H and O–H groups in total. The number of anilines is 1. The zero-order valence-electron chi connectivity index (χ0n) is 16.5. The molecule has 0 saturated carbocycles. The zero-order valence-corrected chi connectivity index (χ0v) is 17.3. The third-order valence-electron chi connectivity index (χ3n) is 4.82. The van der Waals surface area contributed by atoms with E-state index in [1.54, 1.807) is 18.1 Å². The number of hydrogen-bond donors (Lipinski definition) is 2. The van der Waals surface area contributed by atoms with E-state index < -0.39 is 0 Å². The molecule has 0 amide bonds. The van der Waals surface area contributed by atoms with Gasteiger partial charge in [0.25, 0.3) is 0 Å². The van der Waals surface area contributed by atoms with Crippen LogP contribution < -0.4 is 5.73 Å². The van der Waals surface area contributed by atoms with Crippen LogP contribution in [0.3, 0.4) is 0 Å². The van der Waals surface area contributed by atoms with Crippen molar-refractivity contribution < 1.29 is 0 Å². The molecule has 26 heavy (non-hydrogen) atoms. The lowest BCUT2D eigenvalue weighted by Crippen LogP contribution is -2.06. The average Bonchev–Trinajstić information content (AvgIpc) is 3.10. The number of H-pyrrole nitrogens is 1. The summed E-state index contributed by atoms with van der Waals surface area (Å²) in [5.74, 6) is 0.475. The Bertz CT molecular complexity index is 614. The summed E-state index contributed by atoms with van der Waals surface area (Å²) in [6.07, 6.45) is 17.4. The lowest BCUT2D eigenvalue weighted by Gasteiger charge is -2.16. The van der Waals surface area contributed by atoms with Crippen LogP contribution in [-0.4, -0.2) is 25.2 Å². The van der Waals surface area contributed by atoms with Crippen LogP contribution in [0.4, 0.5) is 5.82 Å². The smallest absolute Gasteiger partial charge is 0.191 e. The third-order valence-corrected chi connectivity index (χ3v) is 6.01. The molecular formula is C20H35N5S. The number of aromatic amines is 1. The summed E-state index contributed by atoms with van der Waals surface area (Å²) >= 11 is 1.80. The fourth-order valence-corrected chi connectivity index (χ4v) is 4.41. The van der Waals surface area contributed by atoms with Gasteiger partial charge in [-0.3, -0.25) is 0 Å². The Morgan fingerprint density at radius 1 is 0.923 bits per heavy atom. The number of fused-ring (bicyclic) bond motifs is 1. The summed E-state index contributed by atoms with van der Waals surface area (Å²) in [5, 5.41) is 1.37. The molecule has 2 heterocycles. The van der Waals surface area contributed by atoms with Gasteiger partial charge in [0.05, 0.1) is 6.33 Å². The van der Waals surface area contributed by atoms with Crippen molar-refractivity contribution in [2.24, 2.45) is 0 Å². The molecule has 5 nitrogen and oxygen atoms in total. The normalized spacial score (nSPS) is 11.7. The highest BCUT2D eigenvalue weighted by Gasteiger charge is 2.15. The maximum Gasteiger partial charge on any atom is 0.191 e. The fourth-order valence-electron chi connectivity index (χ4n) is 3.25. The molecule has 0 radical (unpaired) electrons. The van der Waals surface area contributed by atoms with E-state index >= 15 is 0 Å². The average molecular weight is 378 g/mol. The number of nitrogen functional groups attached to an aromatic ring is 1. The molecule has 2 aromatic rings. The standard InChI is InChI=1S/C20H35N5S/c1-3-5-7-9-11-13-16(14-12-10-8-6-4-2)26-20-24-18(21)17-19(25-20)23-15-22-17/h15-16H,3-14H2,1-2H3,(H3,21,22,23,24,25). The lowest BCUT2D eigenvalue weighted by atomic mass is 10.0. The molecular weight excluding hydrogens is 342 g/mol. The van der Waals surface area contributed by atoms with Gasteiger partial charge in [-0.05, 0) is 12.8 Å². The summed E-state index contributed by atoms with van der Waals surface area (Å²) in [6, 6.07) is 0. The predicted octanol–water partition coefficient (Wildman–Crippen LogP) is 6.12. The van der Waals surface area contributed by atoms with Crippen LogP contribution in [0.2, 0.25) is 0 Å². The summed E-state index contributed by atoms with van der Waals surface area (Å²) < 4.78 is 0. The first kappa shape index (κ1) is 21.0. The monoisotopic (exact) mass is 377 g/mol. The van der Waals surface area contributed by atoms with Gasteiger partial charge >= 0.3 is 0 Å². The number of rotatable bonds is 14. The molecule has 0 unspecified atom stereocenters. The van der Waals surface area contributed by atoms with Crippen LogP contribution in [-0.2, 0) is 0 Å². The number of aromatic nitrogens is 4. The second kappa shape index (κ2) is 12.2. The molecule has 0 fully saturated rings. The molecule has 0 aromatic carbocycles. The van der Waals surface area contributed by atoms with Gasteiger partial charge in [0.2, 0.25) is 0 Å². The molecule has 2 aromatic heterocycles. The Hall–Kier alpha value is -1.30. The van der Waals surface area contributed by atoms with Gasteiger partial charge in [-0.25, -0.2) is 15.0 Å². The number of nitrogens with zero attached hydrogens (tertiary/aromatic N) is 3. The minimum atomic E-state index is 0.475. The van der Waals surface area contributed by atoms with Crippen molar-refractivity contribution in [3.05, 3.63) is 6.33 Å². The Labute approximate surface area is 162 Å². The van der Waals surface area contributed by atoms with Crippen LogP contribution in [0.5, 0.6) is 0 Å². The molecule has 0 saturated heterocycles. The summed E-state index contributed by atoms with van der Waals surface area (Å²) in [5.41, 5.74) is 7.45. The number of nitrogens with two attached hydrogens (primary N) is 1. The molecule has 6 heteroatoms. The topological polar surface area (TPSA) is 80.5 Å². The van der Waals surface area contributed by atoms with Crippen molar-refractivity contribution in [2.75, 3.05) is 5.73 Å². The van der Waals surface area contributed by atoms with E-state index in [1.165, 1.54) is 77.0 Å². The van der Waals surface area contributed by atoms with Gasteiger partial charge in [0.1, 0.15) is 5.52 Å². The van der Waals surface area contributed by atoms with Gasteiger partial charge in [-0.1, -0.05) is 89.8 Å². The quantitative estimate of drug-likeness (QED) is 0.235. The second-order valence-electron chi connectivity index (χ2n) is 7.14. The minimum absolute atomic E-state index is 0.475. The highest BCUT2D eigenvalue weighted by molar-refractivity contribution is 7.99. The molecule has 2 rings (SSSR count). The van der Waals surface area contributed by atoms with Crippen molar-refractivity contribution in [3.8, 4) is 0 Å². The Morgan fingerprint density at radius 2 is 1.54 bits per heavy atom. The van der Waals surface area contributed by atoms with Gasteiger partial charge in [-0.2, -0.15) is 0 Å². The second-order valence-corrected chi connectivity index (χ2v) is 8.40. The van der Waals surface area contributed by atoms with Crippen molar-refractivity contribution in [2.45, 2.75) is 101 Å². The largest absolute Gasteiger partial charge is 0.382 e. The molecule has 0 aliphatic carbocycles. The first-order valence-corrected chi connectivity index (χ1v) is 11.3. The fraction of sp³-hybridized carbons (Fsp3) is 0.750. The van der Waals surface area contributed by atoms with Crippen LogP contribution in [0.25, 0.3) is 11.2 Å². The number of thioether (sulfide) groups is 1. The van der Waals surface area contributed by atoms with Crippen molar-refractivity contribution >= 4 is 28.7 Å². The first-order chi connectivity index (χ1) is 12.7. The van der Waals surface area contributed by atoms with Crippen molar-refractivity contribution in [1.82, 2.24) is 19.9 Å². The van der Waals surface area contributed by atoms with E-state index in [0.29, 0.717) is 16.6 Å². The van der Waals surface area contributed by atoms with Gasteiger partial charge in [0, 0.05) is 5.25 Å². The number of hydrogen-bond acceptors (Lipinski definition) is 5. The van der Waals surface area contributed by atoms with Gasteiger partial charge in [-0.15, -0.1) is 0 Å². The number of nitrogens with one attached hydrogen (secondary N) is 1. The van der Waals surface area contributed by atoms with Crippen LogP contribution in [0.15, 0.2) is 11.5 Å². The minimum Gasteiger partial charge on any atom is -0.382 e. The molecule has 0 aliphatic heterocycles.